The Morgan fingerprint density at radius 1 is 1.00 bits per heavy atom. The molecule has 1 rings (SSSR count). The van der Waals surface area contributed by atoms with Gasteiger partial charge in [0.15, 0.2) is 0 Å². The maximum atomic E-state index is 3.85. The first-order valence-corrected chi connectivity index (χ1v) is 6.90. The van der Waals surface area contributed by atoms with Gasteiger partial charge in [0.1, 0.15) is 0 Å². The van der Waals surface area contributed by atoms with Crippen molar-refractivity contribution in [1.82, 2.24) is 0 Å². The van der Waals surface area contributed by atoms with Crippen LogP contribution in [0.3, 0.4) is 0 Å². The highest BCUT2D eigenvalue weighted by Gasteiger charge is 2.18. The standard InChI is InChI=1S/C14H21Br/c1-3-8-12(9-4-2)14(15)13-10-6-5-7-11-13/h5-7,10-12,14H,3-4,8-9H2,1-2H3. The van der Waals surface area contributed by atoms with Crippen molar-refractivity contribution in [2.45, 2.75) is 44.4 Å². The van der Waals surface area contributed by atoms with Crippen LogP contribution in [-0.2, 0) is 0 Å². The van der Waals surface area contributed by atoms with E-state index in [2.05, 4.69) is 60.1 Å². The van der Waals surface area contributed by atoms with Gasteiger partial charge >= 0.3 is 0 Å². The van der Waals surface area contributed by atoms with Crippen LogP contribution >= 0.6 is 15.9 Å². The maximum absolute atomic E-state index is 3.85. The van der Waals surface area contributed by atoms with Crippen molar-refractivity contribution >= 4 is 15.9 Å². The molecule has 0 saturated carbocycles. The Morgan fingerprint density at radius 2 is 1.53 bits per heavy atom. The second kappa shape index (κ2) is 7.05. The Bertz CT molecular complexity index is 249. The van der Waals surface area contributed by atoms with Crippen LogP contribution in [0.15, 0.2) is 30.3 Å². The monoisotopic (exact) mass is 268 g/mol. The van der Waals surface area contributed by atoms with Crippen molar-refractivity contribution in [2.24, 2.45) is 5.92 Å². The third-order valence-corrected chi connectivity index (χ3v) is 4.13. The molecule has 0 saturated heterocycles. The van der Waals surface area contributed by atoms with Crippen molar-refractivity contribution in [1.29, 1.82) is 0 Å². The van der Waals surface area contributed by atoms with Crippen LogP contribution in [0, 0.1) is 5.92 Å². The summed E-state index contributed by atoms with van der Waals surface area (Å²) < 4.78 is 0. The van der Waals surface area contributed by atoms with E-state index in [9.17, 15) is 0 Å². The molecule has 1 aromatic rings. The zero-order chi connectivity index (χ0) is 11.1. The van der Waals surface area contributed by atoms with E-state index in [0.717, 1.165) is 5.92 Å². The van der Waals surface area contributed by atoms with E-state index in [0.29, 0.717) is 4.83 Å². The predicted molar refractivity (Wildman–Crippen MR) is 71.4 cm³/mol. The average molecular weight is 269 g/mol. The number of halogens is 1. The molecule has 0 heterocycles. The first-order chi connectivity index (χ1) is 7.29. The highest BCUT2D eigenvalue weighted by molar-refractivity contribution is 9.09. The molecule has 1 aromatic carbocycles. The van der Waals surface area contributed by atoms with Gasteiger partial charge in [0.2, 0.25) is 0 Å². The summed E-state index contributed by atoms with van der Waals surface area (Å²) in [7, 11) is 0. The lowest BCUT2D eigenvalue weighted by molar-refractivity contribution is 0.435. The molecule has 0 spiro atoms. The topological polar surface area (TPSA) is 0 Å². The zero-order valence-electron chi connectivity index (χ0n) is 9.75. The summed E-state index contributed by atoms with van der Waals surface area (Å²) in [5.41, 5.74) is 1.42. The minimum atomic E-state index is 0.526. The molecule has 0 fully saturated rings. The molecule has 0 aliphatic heterocycles. The van der Waals surface area contributed by atoms with Gasteiger partial charge in [-0.25, -0.2) is 0 Å². The van der Waals surface area contributed by atoms with Crippen LogP contribution in [0.4, 0.5) is 0 Å². The van der Waals surface area contributed by atoms with Crippen LogP contribution in [0.1, 0.15) is 49.9 Å². The highest BCUT2D eigenvalue weighted by atomic mass is 79.9. The Morgan fingerprint density at radius 3 is 2.00 bits per heavy atom. The fraction of sp³-hybridized carbons (Fsp3) is 0.571. The van der Waals surface area contributed by atoms with Gasteiger partial charge in [0.25, 0.3) is 0 Å². The first-order valence-electron chi connectivity index (χ1n) is 5.98. The Labute approximate surface area is 102 Å². The van der Waals surface area contributed by atoms with E-state index < -0.39 is 0 Å². The number of benzene rings is 1. The number of hydrogen-bond donors (Lipinski definition) is 0. The van der Waals surface area contributed by atoms with E-state index in [1.54, 1.807) is 0 Å². The Balaban J connectivity index is 2.67. The van der Waals surface area contributed by atoms with Gasteiger partial charge in [0.05, 0.1) is 0 Å². The van der Waals surface area contributed by atoms with Crippen molar-refractivity contribution in [3.63, 3.8) is 0 Å². The molecule has 0 aromatic heterocycles. The van der Waals surface area contributed by atoms with Crippen molar-refractivity contribution in [2.75, 3.05) is 0 Å². The smallest absolute Gasteiger partial charge is 0.0423 e. The summed E-state index contributed by atoms with van der Waals surface area (Å²) in [5, 5.41) is 0. The number of hydrogen-bond acceptors (Lipinski definition) is 0. The molecule has 0 aliphatic rings. The van der Waals surface area contributed by atoms with E-state index in [4.69, 9.17) is 0 Å². The molecule has 15 heavy (non-hydrogen) atoms. The fourth-order valence-electron chi connectivity index (χ4n) is 2.09. The lowest BCUT2D eigenvalue weighted by Gasteiger charge is -2.22. The molecule has 0 amide bonds. The maximum Gasteiger partial charge on any atom is 0.0423 e. The molecule has 0 N–H and O–H groups in total. The van der Waals surface area contributed by atoms with Gasteiger partial charge < -0.3 is 0 Å². The molecule has 1 heteroatoms. The van der Waals surface area contributed by atoms with Crippen molar-refractivity contribution < 1.29 is 0 Å². The third kappa shape index (κ3) is 3.98. The Kier molecular flexibility index (Phi) is 6.00. The van der Waals surface area contributed by atoms with Gasteiger partial charge in [-0.05, 0) is 24.3 Å². The normalized spacial score (nSPS) is 13.1. The molecule has 84 valence electrons. The zero-order valence-corrected chi connectivity index (χ0v) is 11.3. The van der Waals surface area contributed by atoms with Gasteiger partial charge in [-0.2, -0.15) is 0 Å². The second-order valence-electron chi connectivity index (χ2n) is 4.15. The minimum absolute atomic E-state index is 0.526. The van der Waals surface area contributed by atoms with Crippen LogP contribution in [-0.4, -0.2) is 0 Å². The first kappa shape index (κ1) is 12.8. The summed E-state index contributed by atoms with van der Waals surface area (Å²) in [6.07, 6.45) is 5.19. The average Bonchev–Trinajstić information content (AvgIpc) is 2.29. The predicted octanol–water partition coefficient (Wildman–Crippen LogP) is 5.34. The van der Waals surface area contributed by atoms with Gasteiger partial charge in [0, 0.05) is 4.83 Å². The molecular weight excluding hydrogens is 248 g/mol. The minimum Gasteiger partial charge on any atom is -0.0836 e. The second-order valence-corrected chi connectivity index (χ2v) is 5.14. The summed E-state index contributed by atoms with van der Waals surface area (Å²) >= 11 is 3.85. The molecule has 0 radical (unpaired) electrons. The number of rotatable bonds is 6. The van der Waals surface area contributed by atoms with Crippen LogP contribution < -0.4 is 0 Å². The van der Waals surface area contributed by atoms with Crippen molar-refractivity contribution in [3.8, 4) is 0 Å². The molecule has 0 nitrogen and oxygen atoms in total. The summed E-state index contributed by atoms with van der Waals surface area (Å²) in [6, 6.07) is 10.8. The van der Waals surface area contributed by atoms with E-state index in [-0.39, 0.29) is 0 Å². The molecule has 0 aliphatic carbocycles. The van der Waals surface area contributed by atoms with Crippen LogP contribution in [0.2, 0.25) is 0 Å². The van der Waals surface area contributed by atoms with Crippen LogP contribution in [0.5, 0.6) is 0 Å². The third-order valence-electron chi connectivity index (χ3n) is 2.85. The highest BCUT2D eigenvalue weighted by Crippen LogP contribution is 2.36. The van der Waals surface area contributed by atoms with Gasteiger partial charge in [-0.15, -0.1) is 0 Å². The molecular formula is C14H21Br. The van der Waals surface area contributed by atoms with Crippen molar-refractivity contribution in [3.05, 3.63) is 35.9 Å². The SMILES string of the molecule is CCCC(CCC)C(Br)c1ccccc1. The van der Waals surface area contributed by atoms with Crippen LogP contribution in [0.25, 0.3) is 0 Å². The number of alkyl halides is 1. The van der Waals surface area contributed by atoms with Gasteiger partial charge in [-0.3, -0.25) is 0 Å². The Hall–Kier alpha value is -0.300. The quantitative estimate of drug-likeness (QED) is 0.611. The summed E-state index contributed by atoms with van der Waals surface area (Å²) in [5.74, 6) is 0.780. The van der Waals surface area contributed by atoms with Gasteiger partial charge in [-0.1, -0.05) is 73.0 Å². The molecule has 1 unspecified atom stereocenters. The van der Waals surface area contributed by atoms with E-state index >= 15 is 0 Å². The van der Waals surface area contributed by atoms with E-state index in [1.807, 2.05) is 0 Å². The molecule has 0 bridgehead atoms. The lowest BCUT2D eigenvalue weighted by Crippen LogP contribution is -2.07. The summed E-state index contributed by atoms with van der Waals surface area (Å²) in [4.78, 5) is 0.526. The van der Waals surface area contributed by atoms with E-state index in [1.165, 1.54) is 31.2 Å². The fourth-order valence-corrected chi connectivity index (χ4v) is 2.92. The summed E-state index contributed by atoms with van der Waals surface area (Å²) in [6.45, 7) is 4.54. The lowest BCUT2D eigenvalue weighted by atomic mass is 9.91. The molecule has 1 atom stereocenters. The largest absolute Gasteiger partial charge is 0.0836 e.